The Kier molecular flexibility index (Phi) is 6.68. The van der Waals surface area contributed by atoms with E-state index in [1.165, 1.54) is 32.1 Å². The number of aromatic nitrogens is 3. The highest BCUT2D eigenvalue weighted by molar-refractivity contribution is 5.81. The van der Waals surface area contributed by atoms with E-state index in [1.54, 1.807) is 0 Å². The molecule has 0 aromatic carbocycles. The summed E-state index contributed by atoms with van der Waals surface area (Å²) in [5.41, 5.74) is 0. The first-order valence-corrected chi connectivity index (χ1v) is 10.3. The number of carbonyl (C=O) groups excluding carboxylic acids is 1. The van der Waals surface area contributed by atoms with Crippen LogP contribution in [0.4, 0.5) is 0 Å². The van der Waals surface area contributed by atoms with Gasteiger partial charge in [0, 0.05) is 38.6 Å². The van der Waals surface area contributed by atoms with E-state index in [1.807, 2.05) is 30.4 Å². The number of hydrogen-bond donors (Lipinski definition) is 2. The van der Waals surface area contributed by atoms with Crippen LogP contribution in [-0.2, 0) is 18.4 Å². The fourth-order valence-electron chi connectivity index (χ4n) is 3.83. The molecule has 8 nitrogen and oxygen atoms in total. The van der Waals surface area contributed by atoms with E-state index in [9.17, 15) is 4.79 Å². The van der Waals surface area contributed by atoms with Crippen molar-refractivity contribution in [1.82, 2.24) is 30.3 Å². The molecule has 0 radical (unpaired) electrons. The molecule has 0 bridgehead atoms. The highest BCUT2D eigenvalue weighted by Crippen LogP contribution is 2.17. The van der Waals surface area contributed by atoms with E-state index >= 15 is 0 Å². The van der Waals surface area contributed by atoms with Crippen LogP contribution in [0.3, 0.4) is 0 Å². The van der Waals surface area contributed by atoms with Crippen LogP contribution in [0.15, 0.2) is 4.99 Å². The molecule has 1 atom stereocenters. The largest absolute Gasteiger partial charge is 0.354 e. The normalized spacial score (nSPS) is 21.5. The third kappa shape index (κ3) is 5.20. The summed E-state index contributed by atoms with van der Waals surface area (Å²) in [6.07, 6.45) is 7.78. The monoisotopic (exact) mass is 375 g/mol. The smallest absolute Gasteiger partial charge is 0.222 e. The molecule has 2 fully saturated rings. The van der Waals surface area contributed by atoms with E-state index in [0.29, 0.717) is 19.0 Å². The summed E-state index contributed by atoms with van der Waals surface area (Å²) in [5.74, 6) is 2.80. The maximum absolute atomic E-state index is 11.9. The summed E-state index contributed by atoms with van der Waals surface area (Å²) < 4.78 is 1.97. The Labute approximate surface area is 161 Å². The zero-order valence-corrected chi connectivity index (χ0v) is 16.9. The van der Waals surface area contributed by atoms with Crippen molar-refractivity contribution in [3.8, 4) is 0 Å². The lowest BCUT2D eigenvalue weighted by atomic mass is 9.96. The summed E-state index contributed by atoms with van der Waals surface area (Å²) >= 11 is 0. The van der Waals surface area contributed by atoms with Crippen molar-refractivity contribution in [2.75, 3.05) is 13.1 Å². The van der Waals surface area contributed by atoms with Gasteiger partial charge in [-0.2, -0.15) is 0 Å². The molecule has 0 spiro atoms. The predicted octanol–water partition coefficient (Wildman–Crippen LogP) is 1.50. The number of likely N-dealkylation sites (tertiary alicyclic amines) is 1. The lowest BCUT2D eigenvalue weighted by Gasteiger charge is -2.26. The van der Waals surface area contributed by atoms with Crippen LogP contribution < -0.4 is 10.6 Å². The molecule has 27 heavy (non-hydrogen) atoms. The van der Waals surface area contributed by atoms with Gasteiger partial charge in [-0.05, 0) is 26.2 Å². The molecule has 1 saturated heterocycles. The molecule has 1 aromatic rings. The molecular weight excluding hydrogens is 342 g/mol. The second-order valence-corrected chi connectivity index (χ2v) is 7.69. The Morgan fingerprint density at radius 1 is 1.15 bits per heavy atom. The first kappa shape index (κ1) is 19.6. The Morgan fingerprint density at radius 3 is 2.56 bits per heavy atom. The van der Waals surface area contributed by atoms with Gasteiger partial charge in [-0.1, -0.05) is 26.2 Å². The quantitative estimate of drug-likeness (QED) is 0.602. The van der Waals surface area contributed by atoms with Crippen molar-refractivity contribution >= 4 is 11.9 Å². The third-order valence-electron chi connectivity index (χ3n) is 5.69. The van der Waals surface area contributed by atoms with E-state index in [4.69, 9.17) is 4.99 Å². The number of nitrogens with zero attached hydrogens (tertiary/aromatic N) is 5. The molecule has 2 aliphatic rings. The van der Waals surface area contributed by atoms with Gasteiger partial charge in [-0.3, -0.25) is 4.79 Å². The van der Waals surface area contributed by atoms with E-state index in [0.717, 1.165) is 37.1 Å². The van der Waals surface area contributed by atoms with Gasteiger partial charge in [-0.15, -0.1) is 10.2 Å². The predicted molar refractivity (Wildman–Crippen MR) is 105 cm³/mol. The SMILES string of the molecule is CCC(=O)N1CCC(NC(=NCc2nnc(C)n2C)NC2CCCCC2)C1. The third-order valence-corrected chi connectivity index (χ3v) is 5.69. The Bertz CT molecular complexity index is 663. The molecular formula is C19H33N7O. The van der Waals surface area contributed by atoms with Gasteiger partial charge >= 0.3 is 0 Å². The highest BCUT2D eigenvalue weighted by atomic mass is 16.2. The zero-order valence-electron chi connectivity index (χ0n) is 16.9. The molecule has 150 valence electrons. The summed E-state index contributed by atoms with van der Waals surface area (Å²) in [6.45, 7) is 5.93. The molecule has 1 saturated carbocycles. The molecule has 2 N–H and O–H groups in total. The van der Waals surface area contributed by atoms with Crippen LogP contribution >= 0.6 is 0 Å². The second-order valence-electron chi connectivity index (χ2n) is 7.69. The van der Waals surface area contributed by atoms with Crippen LogP contribution in [0.5, 0.6) is 0 Å². The number of guanidine groups is 1. The van der Waals surface area contributed by atoms with Gasteiger partial charge in [0.15, 0.2) is 11.8 Å². The van der Waals surface area contributed by atoms with Crippen molar-refractivity contribution in [2.45, 2.75) is 77.4 Å². The minimum Gasteiger partial charge on any atom is -0.354 e. The summed E-state index contributed by atoms with van der Waals surface area (Å²) in [4.78, 5) is 18.7. The van der Waals surface area contributed by atoms with Crippen molar-refractivity contribution in [3.63, 3.8) is 0 Å². The standard InChI is InChI=1S/C19H33N7O/c1-4-18(27)26-11-10-16(13-26)22-19(21-15-8-6-5-7-9-15)20-12-17-24-23-14(2)25(17)3/h15-16H,4-13H2,1-3H3,(H2,20,21,22). The summed E-state index contributed by atoms with van der Waals surface area (Å²) in [5, 5.41) is 15.5. The maximum Gasteiger partial charge on any atom is 0.222 e. The Balaban J connectivity index is 1.64. The average molecular weight is 376 g/mol. The topological polar surface area (TPSA) is 87.4 Å². The van der Waals surface area contributed by atoms with Crippen LogP contribution in [0.25, 0.3) is 0 Å². The Morgan fingerprint density at radius 2 is 1.89 bits per heavy atom. The molecule has 1 amide bonds. The lowest BCUT2D eigenvalue weighted by Crippen LogP contribution is -2.49. The molecule has 1 aliphatic heterocycles. The maximum atomic E-state index is 11.9. The molecule has 1 unspecified atom stereocenters. The first-order valence-electron chi connectivity index (χ1n) is 10.3. The fraction of sp³-hybridized carbons (Fsp3) is 0.789. The molecule has 2 heterocycles. The van der Waals surface area contributed by atoms with Crippen LogP contribution in [0.2, 0.25) is 0 Å². The fourth-order valence-corrected chi connectivity index (χ4v) is 3.83. The first-order chi connectivity index (χ1) is 13.1. The van der Waals surface area contributed by atoms with Crippen LogP contribution in [0.1, 0.15) is 63.5 Å². The number of hydrogen-bond acceptors (Lipinski definition) is 4. The van der Waals surface area contributed by atoms with Gasteiger partial charge in [0.1, 0.15) is 12.4 Å². The number of aliphatic imine (C=N–C) groups is 1. The molecule has 1 aromatic heterocycles. The van der Waals surface area contributed by atoms with Gasteiger partial charge < -0.3 is 20.1 Å². The van der Waals surface area contributed by atoms with Crippen molar-refractivity contribution in [2.24, 2.45) is 12.0 Å². The highest BCUT2D eigenvalue weighted by Gasteiger charge is 2.26. The minimum absolute atomic E-state index is 0.229. The average Bonchev–Trinajstić information content (AvgIpc) is 3.27. The number of carbonyl (C=O) groups is 1. The zero-order chi connectivity index (χ0) is 19.2. The molecule has 3 rings (SSSR count). The van der Waals surface area contributed by atoms with Gasteiger partial charge in [0.2, 0.25) is 5.91 Å². The van der Waals surface area contributed by atoms with Crippen molar-refractivity contribution in [1.29, 1.82) is 0 Å². The lowest BCUT2D eigenvalue weighted by molar-refractivity contribution is -0.129. The van der Waals surface area contributed by atoms with E-state index in [-0.39, 0.29) is 11.9 Å². The van der Waals surface area contributed by atoms with E-state index in [2.05, 4.69) is 20.8 Å². The minimum atomic E-state index is 0.229. The molecule has 1 aliphatic carbocycles. The van der Waals surface area contributed by atoms with Gasteiger partial charge in [0.05, 0.1) is 0 Å². The number of aryl methyl sites for hydroxylation is 1. The van der Waals surface area contributed by atoms with E-state index < -0.39 is 0 Å². The summed E-state index contributed by atoms with van der Waals surface area (Å²) in [6, 6.07) is 0.720. The van der Waals surface area contributed by atoms with Crippen LogP contribution in [0, 0.1) is 6.92 Å². The molecule has 8 heteroatoms. The van der Waals surface area contributed by atoms with Crippen molar-refractivity contribution < 1.29 is 4.79 Å². The van der Waals surface area contributed by atoms with Gasteiger partial charge in [-0.25, -0.2) is 4.99 Å². The number of amides is 1. The number of nitrogens with one attached hydrogen (secondary N) is 2. The summed E-state index contributed by atoms with van der Waals surface area (Å²) in [7, 11) is 1.97. The Hall–Kier alpha value is -2.12. The van der Waals surface area contributed by atoms with Gasteiger partial charge in [0.25, 0.3) is 0 Å². The number of rotatable bonds is 5. The van der Waals surface area contributed by atoms with Crippen LogP contribution in [-0.4, -0.2) is 56.7 Å². The van der Waals surface area contributed by atoms with Crippen molar-refractivity contribution in [3.05, 3.63) is 11.6 Å². The second kappa shape index (κ2) is 9.19.